The Balaban J connectivity index is 1.64. The normalized spacial score (nSPS) is 12.0. The number of H-pyrrole nitrogens is 1. The highest BCUT2D eigenvalue weighted by Crippen LogP contribution is 2.26. The lowest BCUT2D eigenvalue weighted by atomic mass is 10.1. The molecule has 0 saturated carbocycles. The Bertz CT molecular complexity index is 930. The molecule has 0 fully saturated rings. The molecule has 0 spiro atoms. The number of alkyl halides is 2. The fraction of sp³-hybridized carbons (Fsp3) is 0.211. The van der Waals surface area contributed by atoms with Gasteiger partial charge in [-0.1, -0.05) is 11.8 Å². The molecule has 0 radical (unpaired) electrons. The van der Waals surface area contributed by atoms with Crippen LogP contribution in [0, 0.1) is 0 Å². The summed E-state index contributed by atoms with van der Waals surface area (Å²) in [6.07, 6.45) is 0. The van der Waals surface area contributed by atoms with Gasteiger partial charge in [0.1, 0.15) is 11.5 Å². The molecule has 2 aromatic carbocycles. The number of ether oxygens (including phenoxy) is 2. The second kappa shape index (κ2) is 8.83. The third kappa shape index (κ3) is 4.86. The number of benzene rings is 2. The van der Waals surface area contributed by atoms with Gasteiger partial charge in [0.2, 0.25) is 5.16 Å². The highest BCUT2D eigenvalue weighted by Gasteiger charge is 2.19. The van der Waals surface area contributed by atoms with E-state index in [2.05, 4.69) is 19.9 Å². The highest BCUT2D eigenvalue weighted by molar-refractivity contribution is 8.00. The van der Waals surface area contributed by atoms with Crippen molar-refractivity contribution >= 4 is 17.5 Å². The van der Waals surface area contributed by atoms with Gasteiger partial charge in [0.25, 0.3) is 0 Å². The quantitative estimate of drug-likeness (QED) is 0.441. The summed E-state index contributed by atoms with van der Waals surface area (Å²) in [5.41, 5.74) is 1.24. The Morgan fingerprint density at radius 3 is 2.32 bits per heavy atom. The number of ketones is 1. The maximum atomic E-state index is 12.5. The smallest absolute Gasteiger partial charge is 0.387 e. The molecule has 0 bridgehead atoms. The molecule has 9 heteroatoms. The van der Waals surface area contributed by atoms with Crippen molar-refractivity contribution in [3.8, 4) is 22.9 Å². The van der Waals surface area contributed by atoms with Gasteiger partial charge in [0.05, 0.1) is 12.4 Å². The minimum Gasteiger partial charge on any atom is -0.497 e. The number of thioether (sulfide) groups is 1. The molecule has 1 aromatic heterocycles. The van der Waals surface area contributed by atoms with Crippen LogP contribution < -0.4 is 9.47 Å². The number of halogens is 2. The van der Waals surface area contributed by atoms with Crippen LogP contribution in [0.15, 0.2) is 53.7 Å². The highest BCUT2D eigenvalue weighted by atomic mass is 32.2. The molecule has 28 heavy (non-hydrogen) atoms. The van der Waals surface area contributed by atoms with Gasteiger partial charge in [0.15, 0.2) is 11.6 Å². The largest absolute Gasteiger partial charge is 0.497 e. The number of hydrogen-bond acceptors (Lipinski definition) is 6. The van der Waals surface area contributed by atoms with Crippen molar-refractivity contribution in [2.45, 2.75) is 23.9 Å². The number of Topliss-reactive ketones (excluding diaryl/α,β-unsaturated/α-hetero) is 1. The molecule has 1 heterocycles. The molecule has 1 N–H and O–H groups in total. The van der Waals surface area contributed by atoms with Crippen LogP contribution in [-0.4, -0.2) is 39.9 Å². The average molecular weight is 405 g/mol. The van der Waals surface area contributed by atoms with Crippen molar-refractivity contribution in [2.75, 3.05) is 7.11 Å². The summed E-state index contributed by atoms with van der Waals surface area (Å²) in [6.45, 7) is -1.17. The molecule has 0 saturated heterocycles. The van der Waals surface area contributed by atoms with Gasteiger partial charge in [-0.05, 0) is 55.5 Å². The zero-order valence-electron chi connectivity index (χ0n) is 15.1. The van der Waals surface area contributed by atoms with E-state index in [1.807, 2.05) is 24.3 Å². The van der Waals surface area contributed by atoms with Crippen molar-refractivity contribution in [1.82, 2.24) is 15.2 Å². The molecule has 0 amide bonds. The van der Waals surface area contributed by atoms with E-state index in [-0.39, 0.29) is 11.5 Å². The summed E-state index contributed by atoms with van der Waals surface area (Å²) in [7, 11) is 1.59. The van der Waals surface area contributed by atoms with E-state index in [4.69, 9.17) is 4.74 Å². The van der Waals surface area contributed by atoms with Gasteiger partial charge in [-0.2, -0.15) is 8.78 Å². The molecule has 0 aliphatic rings. The van der Waals surface area contributed by atoms with Gasteiger partial charge in [-0.25, -0.2) is 4.98 Å². The van der Waals surface area contributed by atoms with E-state index < -0.39 is 11.9 Å². The molecule has 6 nitrogen and oxygen atoms in total. The number of aromatic nitrogens is 3. The van der Waals surface area contributed by atoms with E-state index >= 15 is 0 Å². The summed E-state index contributed by atoms with van der Waals surface area (Å²) in [5.74, 6) is 1.16. The zero-order chi connectivity index (χ0) is 20.1. The number of methoxy groups -OCH3 is 1. The molecular weight excluding hydrogens is 388 g/mol. The Morgan fingerprint density at radius 1 is 1.07 bits per heavy atom. The van der Waals surface area contributed by atoms with Crippen molar-refractivity contribution in [1.29, 1.82) is 0 Å². The van der Waals surface area contributed by atoms with Gasteiger partial charge in [-0.3, -0.25) is 9.89 Å². The van der Waals surface area contributed by atoms with Crippen molar-refractivity contribution < 1.29 is 23.0 Å². The minimum atomic E-state index is -2.90. The zero-order valence-corrected chi connectivity index (χ0v) is 15.9. The number of aromatic amines is 1. The molecule has 1 atom stereocenters. The van der Waals surface area contributed by atoms with Crippen LogP contribution in [0.4, 0.5) is 8.78 Å². The van der Waals surface area contributed by atoms with Crippen molar-refractivity contribution in [3.63, 3.8) is 0 Å². The summed E-state index contributed by atoms with van der Waals surface area (Å²) >= 11 is 1.21. The predicted octanol–water partition coefficient (Wildman–Crippen LogP) is 4.45. The third-order valence-electron chi connectivity index (χ3n) is 3.84. The summed E-state index contributed by atoms with van der Waals surface area (Å²) in [6, 6.07) is 12.9. The lowest BCUT2D eigenvalue weighted by Gasteiger charge is -2.09. The lowest BCUT2D eigenvalue weighted by Crippen LogP contribution is -2.13. The molecule has 0 aliphatic heterocycles. The van der Waals surface area contributed by atoms with Crippen LogP contribution in [-0.2, 0) is 0 Å². The SMILES string of the molecule is COc1ccc(-c2nc(S[C@@H](C)C(=O)c3ccc(OC(F)F)cc3)n[nH]2)cc1. The number of carbonyl (C=O) groups is 1. The topological polar surface area (TPSA) is 77.1 Å². The van der Waals surface area contributed by atoms with E-state index in [0.717, 1.165) is 11.3 Å². The number of hydrogen-bond donors (Lipinski definition) is 1. The standard InChI is InChI=1S/C19H17F2N3O3S/c1-11(16(25)12-3-9-15(10-4-12)27-18(20)21)28-19-22-17(23-24-19)13-5-7-14(26-2)8-6-13/h3-11,18H,1-2H3,(H,22,23,24)/t11-/m0/s1. The Morgan fingerprint density at radius 2 is 1.71 bits per heavy atom. The second-order valence-corrected chi connectivity index (χ2v) is 7.03. The molecule has 146 valence electrons. The first kappa shape index (κ1) is 19.8. The van der Waals surface area contributed by atoms with Crippen LogP contribution >= 0.6 is 11.8 Å². The van der Waals surface area contributed by atoms with Gasteiger partial charge >= 0.3 is 6.61 Å². The van der Waals surface area contributed by atoms with E-state index in [1.54, 1.807) is 14.0 Å². The van der Waals surface area contributed by atoms with Crippen molar-refractivity contribution in [2.24, 2.45) is 0 Å². The van der Waals surface area contributed by atoms with Crippen molar-refractivity contribution in [3.05, 3.63) is 54.1 Å². The first-order valence-corrected chi connectivity index (χ1v) is 9.17. The summed E-state index contributed by atoms with van der Waals surface area (Å²) in [4.78, 5) is 16.9. The van der Waals surface area contributed by atoms with Crippen LogP contribution in [0.3, 0.4) is 0 Å². The maximum absolute atomic E-state index is 12.5. The Kier molecular flexibility index (Phi) is 6.25. The van der Waals surface area contributed by atoms with Gasteiger partial charge in [0, 0.05) is 11.1 Å². The molecule has 3 aromatic rings. The Labute approximate surface area is 164 Å². The average Bonchev–Trinajstić information content (AvgIpc) is 3.16. The number of nitrogens with one attached hydrogen (secondary N) is 1. The van der Waals surface area contributed by atoms with Crippen LogP contribution in [0.2, 0.25) is 0 Å². The Hall–Kier alpha value is -2.94. The minimum absolute atomic E-state index is 0.00459. The van der Waals surface area contributed by atoms with E-state index in [0.29, 0.717) is 16.5 Å². The second-order valence-electron chi connectivity index (χ2n) is 5.72. The molecule has 3 rings (SSSR count). The molecular formula is C19H17F2N3O3S. The fourth-order valence-electron chi connectivity index (χ4n) is 2.42. The molecule has 0 unspecified atom stereocenters. The predicted molar refractivity (Wildman–Crippen MR) is 101 cm³/mol. The van der Waals surface area contributed by atoms with E-state index in [9.17, 15) is 13.6 Å². The first-order chi connectivity index (χ1) is 13.5. The number of nitrogens with zero attached hydrogens (tertiary/aromatic N) is 2. The monoisotopic (exact) mass is 405 g/mol. The van der Waals surface area contributed by atoms with Gasteiger partial charge < -0.3 is 9.47 Å². The summed E-state index contributed by atoms with van der Waals surface area (Å²) < 4.78 is 33.8. The van der Waals surface area contributed by atoms with Crippen LogP contribution in [0.25, 0.3) is 11.4 Å². The molecule has 0 aliphatic carbocycles. The lowest BCUT2D eigenvalue weighted by molar-refractivity contribution is -0.0498. The first-order valence-electron chi connectivity index (χ1n) is 8.29. The number of carbonyl (C=O) groups excluding carboxylic acids is 1. The number of rotatable bonds is 8. The maximum Gasteiger partial charge on any atom is 0.387 e. The van der Waals surface area contributed by atoms with Crippen LogP contribution in [0.5, 0.6) is 11.5 Å². The third-order valence-corrected chi connectivity index (χ3v) is 4.80. The summed E-state index contributed by atoms with van der Waals surface area (Å²) in [5, 5.41) is 6.96. The van der Waals surface area contributed by atoms with Gasteiger partial charge in [-0.15, -0.1) is 5.10 Å². The fourth-order valence-corrected chi connectivity index (χ4v) is 3.23. The van der Waals surface area contributed by atoms with E-state index in [1.165, 1.54) is 36.0 Å². The van der Waals surface area contributed by atoms with Crippen LogP contribution in [0.1, 0.15) is 17.3 Å².